The largest absolute Gasteiger partial charge is 0.368 e. The molecule has 0 radical (unpaired) electrons. The lowest BCUT2D eigenvalue weighted by atomic mass is 9.68. The molecule has 2 aromatic carbocycles. The topological polar surface area (TPSA) is 73.2 Å². The quantitative estimate of drug-likeness (QED) is 0.764. The number of benzene rings is 2. The Morgan fingerprint density at radius 2 is 1.87 bits per heavy atom. The van der Waals surface area contributed by atoms with Crippen LogP contribution in [0.3, 0.4) is 0 Å². The van der Waals surface area contributed by atoms with Crippen molar-refractivity contribution in [3.8, 4) is 6.07 Å². The summed E-state index contributed by atoms with van der Waals surface area (Å²) in [5, 5.41) is 12.6. The molecular weight excluding hydrogens is 386 g/mol. The summed E-state index contributed by atoms with van der Waals surface area (Å²) in [6, 6.07) is 11.7. The number of carbonyl (C=O) groups is 2. The second-order valence-electron chi connectivity index (χ2n) is 9.18. The van der Waals surface area contributed by atoms with Gasteiger partial charge in [0.2, 0.25) is 0 Å². The van der Waals surface area contributed by atoms with Crippen LogP contribution in [0.5, 0.6) is 0 Å². The van der Waals surface area contributed by atoms with E-state index < -0.39 is 0 Å². The second-order valence-corrected chi connectivity index (χ2v) is 9.18. The molecule has 1 heterocycles. The Morgan fingerprint density at radius 1 is 1.13 bits per heavy atom. The fourth-order valence-electron chi connectivity index (χ4n) is 5.33. The molecule has 1 N–H and O–H groups in total. The summed E-state index contributed by atoms with van der Waals surface area (Å²) >= 11 is 0. The molecule has 0 spiro atoms. The van der Waals surface area contributed by atoms with E-state index >= 15 is 0 Å². The van der Waals surface area contributed by atoms with E-state index in [-0.39, 0.29) is 17.0 Å². The molecule has 1 aliphatic heterocycles. The van der Waals surface area contributed by atoms with Crippen LogP contribution in [0.15, 0.2) is 35.9 Å². The van der Waals surface area contributed by atoms with Crippen molar-refractivity contribution in [1.29, 1.82) is 5.26 Å². The fourth-order valence-corrected chi connectivity index (χ4v) is 5.33. The van der Waals surface area contributed by atoms with Crippen LogP contribution in [0.1, 0.15) is 63.7 Å². The zero-order valence-electron chi connectivity index (χ0n) is 18.1. The van der Waals surface area contributed by atoms with E-state index in [0.717, 1.165) is 59.7 Å². The molecule has 3 aliphatic rings. The van der Waals surface area contributed by atoms with Crippen molar-refractivity contribution in [3.05, 3.63) is 69.3 Å². The Labute approximate surface area is 182 Å². The minimum atomic E-state index is -0.345. The number of hydrogen-bond acceptors (Lipinski definition) is 5. The SMILES string of the molecule is CC(=O)c1cc2c(cc1N1CCNCC1)C(C)(C)C1=C(C2=O)c2ccc(C#N)cc2C1. The highest BCUT2D eigenvalue weighted by Crippen LogP contribution is 2.51. The van der Waals surface area contributed by atoms with Gasteiger partial charge in [-0.05, 0) is 59.9 Å². The maximum absolute atomic E-state index is 13.7. The van der Waals surface area contributed by atoms with Crippen LogP contribution >= 0.6 is 0 Å². The van der Waals surface area contributed by atoms with Gasteiger partial charge in [0.05, 0.1) is 11.6 Å². The molecule has 2 aliphatic carbocycles. The van der Waals surface area contributed by atoms with Gasteiger partial charge in [0.1, 0.15) is 0 Å². The van der Waals surface area contributed by atoms with Gasteiger partial charge in [0.15, 0.2) is 11.6 Å². The Balaban J connectivity index is 1.69. The first-order valence-electron chi connectivity index (χ1n) is 10.8. The van der Waals surface area contributed by atoms with Crippen molar-refractivity contribution in [2.24, 2.45) is 0 Å². The number of nitrogens with zero attached hydrogens (tertiary/aromatic N) is 2. The zero-order valence-corrected chi connectivity index (χ0v) is 18.1. The van der Waals surface area contributed by atoms with Gasteiger partial charge in [-0.2, -0.15) is 5.26 Å². The van der Waals surface area contributed by atoms with E-state index in [1.807, 2.05) is 18.2 Å². The number of Topliss-reactive ketones (excluding diaryl/α,β-unsaturated/α-hetero) is 2. The lowest BCUT2D eigenvalue weighted by Gasteiger charge is -2.37. The number of fused-ring (bicyclic) bond motifs is 3. The van der Waals surface area contributed by atoms with E-state index in [1.54, 1.807) is 13.0 Å². The van der Waals surface area contributed by atoms with Crippen LogP contribution in [-0.4, -0.2) is 37.7 Å². The Kier molecular flexibility index (Phi) is 4.39. The number of nitriles is 1. The molecule has 5 rings (SSSR count). The van der Waals surface area contributed by atoms with Gasteiger partial charge in [0, 0.05) is 54.0 Å². The van der Waals surface area contributed by atoms with Crippen LogP contribution in [-0.2, 0) is 11.8 Å². The highest BCUT2D eigenvalue weighted by atomic mass is 16.1. The first-order chi connectivity index (χ1) is 14.8. The Morgan fingerprint density at radius 3 is 2.55 bits per heavy atom. The van der Waals surface area contributed by atoms with E-state index in [1.165, 1.54) is 0 Å². The third-order valence-corrected chi connectivity index (χ3v) is 7.04. The number of nitrogens with one attached hydrogen (secondary N) is 1. The summed E-state index contributed by atoms with van der Waals surface area (Å²) < 4.78 is 0. The molecule has 2 aromatic rings. The fraction of sp³-hybridized carbons (Fsp3) is 0.346. The van der Waals surface area contributed by atoms with Gasteiger partial charge < -0.3 is 10.2 Å². The number of anilines is 1. The minimum Gasteiger partial charge on any atom is -0.368 e. The van der Waals surface area contributed by atoms with Crippen molar-refractivity contribution in [3.63, 3.8) is 0 Å². The van der Waals surface area contributed by atoms with Crippen LogP contribution in [0.4, 0.5) is 5.69 Å². The summed E-state index contributed by atoms with van der Waals surface area (Å²) in [7, 11) is 0. The van der Waals surface area contributed by atoms with Crippen LogP contribution < -0.4 is 10.2 Å². The van der Waals surface area contributed by atoms with Crippen molar-refractivity contribution in [2.75, 3.05) is 31.1 Å². The summed E-state index contributed by atoms with van der Waals surface area (Å²) in [4.78, 5) is 28.5. The number of allylic oxidation sites excluding steroid dienone is 2. The predicted octanol–water partition coefficient (Wildman–Crippen LogP) is 3.65. The maximum Gasteiger partial charge on any atom is 0.193 e. The smallest absolute Gasteiger partial charge is 0.193 e. The highest BCUT2D eigenvalue weighted by molar-refractivity contribution is 6.33. The minimum absolute atomic E-state index is 0.0119. The van der Waals surface area contributed by atoms with Crippen molar-refractivity contribution >= 4 is 22.8 Å². The first-order valence-corrected chi connectivity index (χ1v) is 10.8. The number of hydrogen-bond donors (Lipinski definition) is 1. The van der Waals surface area contributed by atoms with Gasteiger partial charge in [-0.25, -0.2) is 0 Å². The van der Waals surface area contributed by atoms with Crippen molar-refractivity contribution < 1.29 is 9.59 Å². The number of carbonyl (C=O) groups excluding carboxylic acids is 2. The van der Waals surface area contributed by atoms with Crippen molar-refractivity contribution in [1.82, 2.24) is 5.32 Å². The Bertz CT molecular complexity index is 1220. The second kappa shape index (κ2) is 6.90. The van der Waals surface area contributed by atoms with Crippen molar-refractivity contribution in [2.45, 2.75) is 32.6 Å². The van der Waals surface area contributed by atoms with Gasteiger partial charge in [-0.15, -0.1) is 0 Å². The third kappa shape index (κ3) is 2.86. The zero-order chi connectivity index (χ0) is 21.9. The van der Waals surface area contributed by atoms with E-state index in [4.69, 9.17) is 0 Å². The highest BCUT2D eigenvalue weighted by Gasteiger charge is 2.43. The number of piperazine rings is 1. The Hall–Kier alpha value is -3.23. The molecule has 0 amide bonds. The predicted molar refractivity (Wildman–Crippen MR) is 121 cm³/mol. The van der Waals surface area contributed by atoms with Gasteiger partial charge >= 0.3 is 0 Å². The summed E-state index contributed by atoms with van der Waals surface area (Å²) in [5.41, 5.74) is 7.25. The lowest BCUT2D eigenvalue weighted by molar-refractivity contribution is 0.101. The molecule has 0 aromatic heterocycles. The molecule has 5 nitrogen and oxygen atoms in total. The van der Waals surface area contributed by atoms with E-state index in [0.29, 0.717) is 23.1 Å². The van der Waals surface area contributed by atoms with Gasteiger partial charge in [0.25, 0.3) is 0 Å². The average Bonchev–Trinajstić information content (AvgIpc) is 3.17. The standard InChI is InChI=1S/C26H25N3O2/c1-15(30)19-12-20-21(13-23(19)29-8-6-28-7-9-29)26(2,3)22-11-17-10-16(14-27)4-5-18(17)24(22)25(20)31/h4-5,10,12-13,28H,6-9,11H2,1-3H3. The van der Waals surface area contributed by atoms with Gasteiger partial charge in [-0.1, -0.05) is 19.9 Å². The molecule has 0 saturated carbocycles. The lowest BCUT2D eigenvalue weighted by Crippen LogP contribution is -2.44. The molecule has 0 atom stereocenters. The molecular formula is C26H25N3O2. The first kappa shape index (κ1) is 19.7. The maximum atomic E-state index is 13.7. The van der Waals surface area contributed by atoms with E-state index in [2.05, 4.69) is 36.2 Å². The number of ketones is 2. The number of rotatable bonds is 2. The molecule has 0 bridgehead atoms. The van der Waals surface area contributed by atoms with E-state index in [9.17, 15) is 14.9 Å². The molecule has 1 fully saturated rings. The molecule has 5 heteroatoms. The normalized spacial score (nSPS) is 18.9. The summed E-state index contributed by atoms with van der Waals surface area (Å²) in [6.45, 7) is 9.34. The average molecular weight is 412 g/mol. The monoisotopic (exact) mass is 411 g/mol. The summed E-state index contributed by atoms with van der Waals surface area (Å²) in [6.07, 6.45) is 0.676. The molecule has 156 valence electrons. The molecule has 0 unspecified atom stereocenters. The summed E-state index contributed by atoms with van der Waals surface area (Å²) in [5.74, 6) is -0.0330. The van der Waals surface area contributed by atoms with Crippen LogP contribution in [0, 0.1) is 11.3 Å². The third-order valence-electron chi connectivity index (χ3n) is 7.04. The van der Waals surface area contributed by atoms with Gasteiger partial charge in [-0.3, -0.25) is 9.59 Å². The van der Waals surface area contributed by atoms with Crippen LogP contribution in [0.25, 0.3) is 5.57 Å². The molecule has 1 saturated heterocycles. The van der Waals surface area contributed by atoms with Crippen LogP contribution in [0.2, 0.25) is 0 Å². The molecule has 31 heavy (non-hydrogen) atoms.